The van der Waals surface area contributed by atoms with Gasteiger partial charge in [-0.15, -0.1) is 0 Å². The highest BCUT2D eigenvalue weighted by atomic mass is 35.5. The average molecular weight is 579 g/mol. The van der Waals surface area contributed by atoms with Crippen molar-refractivity contribution in [2.45, 2.75) is 56.9 Å². The van der Waals surface area contributed by atoms with E-state index in [-0.39, 0.29) is 34.2 Å². The van der Waals surface area contributed by atoms with Crippen molar-refractivity contribution in [1.82, 2.24) is 24.8 Å². The summed E-state index contributed by atoms with van der Waals surface area (Å²) >= 11 is 6.57. The number of piperazine rings is 1. The van der Waals surface area contributed by atoms with Gasteiger partial charge in [-0.25, -0.2) is 4.39 Å². The van der Waals surface area contributed by atoms with Crippen molar-refractivity contribution in [2.75, 3.05) is 45.2 Å². The molecule has 1 unspecified atom stereocenters. The molecule has 40 heavy (non-hydrogen) atoms. The Kier molecular flexibility index (Phi) is 7.03. The molecule has 4 saturated heterocycles. The summed E-state index contributed by atoms with van der Waals surface area (Å²) in [5.74, 6) is -0.486. The number of rotatable bonds is 5. The number of benzene rings is 1. The molecule has 6 heterocycles. The first-order valence-electron chi connectivity index (χ1n) is 13.6. The molecule has 3 atom stereocenters. The molecule has 12 heteroatoms. The summed E-state index contributed by atoms with van der Waals surface area (Å²) in [6.07, 6.45) is 0.498. The van der Waals surface area contributed by atoms with Gasteiger partial charge in [0.25, 0.3) is 0 Å². The van der Waals surface area contributed by atoms with E-state index < -0.39 is 28.8 Å². The molecule has 0 N–H and O–H groups in total. The van der Waals surface area contributed by atoms with Gasteiger partial charge in [-0.3, -0.25) is 9.88 Å². The van der Waals surface area contributed by atoms with Crippen LogP contribution >= 0.6 is 11.6 Å². The van der Waals surface area contributed by atoms with E-state index in [2.05, 4.69) is 31.7 Å². The Labute approximate surface area is 235 Å². The predicted molar refractivity (Wildman–Crippen MR) is 145 cm³/mol. The Bertz CT molecular complexity index is 1450. The normalized spacial score (nSPS) is 23.9. The third-order valence-corrected chi connectivity index (χ3v) is 8.97. The number of halogens is 5. The number of hydrogen-bond acceptors (Lipinski definition) is 7. The van der Waals surface area contributed by atoms with E-state index in [0.717, 1.165) is 38.8 Å². The van der Waals surface area contributed by atoms with Gasteiger partial charge in [0.1, 0.15) is 17.9 Å². The quantitative estimate of drug-likeness (QED) is 0.367. The van der Waals surface area contributed by atoms with Gasteiger partial charge in [0.05, 0.1) is 21.8 Å². The van der Waals surface area contributed by atoms with Gasteiger partial charge in [-0.2, -0.15) is 23.1 Å². The number of likely N-dealkylation sites (tertiary alicyclic amines) is 1. The fourth-order valence-electron chi connectivity index (χ4n) is 6.43. The SMILES string of the molecule is Cc1ccnc(-c2c(Cl)cc3c(N4CC5CC[C@@H]4CN5C)nc(OC[C@@H]4CCCN4C)nc3c2F)c1C(F)(F)F. The number of aromatic nitrogens is 3. The van der Waals surface area contributed by atoms with Gasteiger partial charge in [0, 0.05) is 42.8 Å². The molecule has 0 radical (unpaired) electrons. The molecule has 0 aliphatic carbocycles. The molecule has 2 aromatic heterocycles. The summed E-state index contributed by atoms with van der Waals surface area (Å²) < 4.78 is 64.7. The van der Waals surface area contributed by atoms with E-state index in [1.807, 2.05) is 7.05 Å². The summed E-state index contributed by atoms with van der Waals surface area (Å²) in [6.45, 7) is 4.13. The van der Waals surface area contributed by atoms with E-state index in [0.29, 0.717) is 30.4 Å². The van der Waals surface area contributed by atoms with Crippen LogP contribution in [0.5, 0.6) is 6.01 Å². The van der Waals surface area contributed by atoms with Crippen LogP contribution < -0.4 is 9.64 Å². The fourth-order valence-corrected chi connectivity index (χ4v) is 6.71. The van der Waals surface area contributed by atoms with Crippen molar-refractivity contribution < 1.29 is 22.3 Å². The smallest absolute Gasteiger partial charge is 0.418 e. The molecule has 2 bridgehead atoms. The van der Waals surface area contributed by atoms with Gasteiger partial charge < -0.3 is 14.5 Å². The van der Waals surface area contributed by atoms with E-state index in [9.17, 15) is 13.2 Å². The lowest BCUT2D eigenvalue weighted by Gasteiger charge is -2.51. The molecule has 3 aromatic rings. The third kappa shape index (κ3) is 4.75. The molecule has 4 aliphatic heterocycles. The largest absolute Gasteiger partial charge is 0.462 e. The molecular formula is C28H31ClF4N6O. The Hall–Kier alpha value is -2.76. The van der Waals surface area contributed by atoms with Crippen LogP contribution in [0.3, 0.4) is 0 Å². The summed E-state index contributed by atoms with van der Waals surface area (Å²) in [6, 6.07) is 3.36. The summed E-state index contributed by atoms with van der Waals surface area (Å²) in [5.41, 5.74) is -2.23. The molecule has 7 rings (SSSR count). The lowest BCUT2D eigenvalue weighted by atomic mass is 9.91. The van der Waals surface area contributed by atoms with Gasteiger partial charge in [0.15, 0.2) is 5.82 Å². The number of ether oxygens (including phenoxy) is 1. The zero-order valence-electron chi connectivity index (χ0n) is 22.6. The zero-order chi connectivity index (χ0) is 28.3. The first-order chi connectivity index (χ1) is 19.0. The first kappa shape index (κ1) is 27.4. The summed E-state index contributed by atoms with van der Waals surface area (Å²) in [7, 11) is 4.12. The minimum Gasteiger partial charge on any atom is -0.462 e. The van der Waals surface area contributed by atoms with E-state index >= 15 is 4.39 Å². The number of hydrogen-bond donors (Lipinski definition) is 0. The molecule has 1 aromatic carbocycles. The number of nitrogens with zero attached hydrogens (tertiary/aromatic N) is 6. The lowest BCUT2D eigenvalue weighted by Crippen LogP contribution is -2.61. The highest BCUT2D eigenvalue weighted by molar-refractivity contribution is 6.34. The maximum atomic E-state index is 16.4. The van der Waals surface area contributed by atoms with Crippen LogP contribution in [0.15, 0.2) is 18.3 Å². The first-order valence-corrected chi connectivity index (χ1v) is 13.9. The molecular weight excluding hydrogens is 548 g/mol. The Morgan fingerprint density at radius 2 is 1.85 bits per heavy atom. The second kappa shape index (κ2) is 10.3. The maximum Gasteiger partial charge on any atom is 0.418 e. The topological polar surface area (TPSA) is 57.6 Å². The number of fused-ring (bicyclic) bond motifs is 4. The van der Waals surface area contributed by atoms with Crippen molar-refractivity contribution in [2.24, 2.45) is 0 Å². The van der Waals surface area contributed by atoms with Crippen LogP contribution in [0.2, 0.25) is 5.02 Å². The standard InChI is InChI=1S/C28H31ClF4N6O/c1-15-8-9-34-25(22(15)28(31,32)33)21-20(29)11-19-24(23(21)30)35-27(40-14-18-5-4-10-37(18)2)36-26(19)39-13-16-6-7-17(39)12-38(16)3/h8-9,11,16-18H,4-7,10,12-14H2,1-3H3/t16?,17-,18+/m1/s1. The van der Waals surface area contributed by atoms with Crippen LogP contribution in [0.4, 0.5) is 23.4 Å². The van der Waals surface area contributed by atoms with Crippen molar-refractivity contribution >= 4 is 28.3 Å². The van der Waals surface area contributed by atoms with E-state index in [4.69, 9.17) is 21.3 Å². The molecule has 4 fully saturated rings. The monoisotopic (exact) mass is 578 g/mol. The fraction of sp³-hybridized carbons (Fsp3) is 0.536. The maximum absolute atomic E-state index is 16.4. The van der Waals surface area contributed by atoms with Gasteiger partial charge in [-0.1, -0.05) is 11.6 Å². The van der Waals surface area contributed by atoms with Crippen LogP contribution in [0.1, 0.15) is 36.8 Å². The molecule has 0 amide bonds. The number of pyridine rings is 1. The van der Waals surface area contributed by atoms with Crippen LogP contribution in [0, 0.1) is 12.7 Å². The molecule has 4 aliphatic rings. The second-order valence-electron chi connectivity index (χ2n) is 11.2. The molecule has 214 valence electrons. The minimum absolute atomic E-state index is 0.00183. The van der Waals surface area contributed by atoms with Crippen LogP contribution in [-0.2, 0) is 6.18 Å². The van der Waals surface area contributed by atoms with Crippen molar-refractivity contribution in [3.05, 3.63) is 40.3 Å². The van der Waals surface area contributed by atoms with Crippen LogP contribution in [0.25, 0.3) is 22.2 Å². The highest BCUT2D eigenvalue weighted by Crippen LogP contribution is 2.44. The zero-order valence-corrected chi connectivity index (χ0v) is 23.4. The third-order valence-electron chi connectivity index (χ3n) is 8.67. The van der Waals surface area contributed by atoms with Crippen molar-refractivity contribution in [3.8, 4) is 17.3 Å². The predicted octanol–water partition coefficient (Wildman–Crippen LogP) is 5.57. The van der Waals surface area contributed by atoms with E-state index in [1.54, 1.807) is 0 Å². The van der Waals surface area contributed by atoms with Crippen molar-refractivity contribution in [3.63, 3.8) is 0 Å². The van der Waals surface area contributed by atoms with Crippen LogP contribution in [-0.4, -0.2) is 83.2 Å². The Balaban J connectivity index is 1.51. The lowest BCUT2D eigenvalue weighted by molar-refractivity contribution is -0.137. The second-order valence-corrected chi connectivity index (χ2v) is 11.6. The minimum atomic E-state index is -4.75. The Morgan fingerprint density at radius 1 is 1.07 bits per heavy atom. The average Bonchev–Trinajstić information content (AvgIpc) is 3.31. The van der Waals surface area contributed by atoms with Gasteiger partial charge >= 0.3 is 12.2 Å². The molecule has 0 saturated carbocycles. The Morgan fingerprint density at radius 3 is 2.50 bits per heavy atom. The number of likely N-dealkylation sites (N-methyl/N-ethyl adjacent to an activating group) is 2. The van der Waals surface area contributed by atoms with Gasteiger partial charge in [-0.05, 0) is 70.9 Å². The van der Waals surface area contributed by atoms with Gasteiger partial charge in [0.2, 0.25) is 0 Å². The molecule has 7 nitrogen and oxygen atoms in total. The highest BCUT2D eigenvalue weighted by Gasteiger charge is 2.40. The number of aryl methyl sites for hydroxylation is 1. The molecule has 0 spiro atoms. The number of alkyl halides is 3. The van der Waals surface area contributed by atoms with Crippen molar-refractivity contribution in [1.29, 1.82) is 0 Å². The summed E-state index contributed by atoms with van der Waals surface area (Å²) in [5, 5.41) is 0.159. The number of anilines is 1. The number of piperidine rings is 2. The summed E-state index contributed by atoms with van der Waals surface area (Å²) in [4.78, 5) is 19.7. The van der Waals surface area contributed by atoms with E-state index in [1.165, 1.54) is 25.3 Å².